The van der Waals surface area contributed by atoms with Crippen LogP contribution >= 0.6 is 0 Å². The van der Waals surface area contributed by atoms with Crippen LogP contribution in [-0.4, -0.2) is 17.4 Å². The Balaban J connectivity index is 2.06. The lowest BCUT2D eigenvalue weighted by molar-refractivity contribution is 0.180. The second-order valence-corrected chi connectivity index (χ2v) is 4.81. The molecule has 17 heavy (non-hydrogen) atoms. The average molecular weight is 232 g/mol. The van der Waals surface area contributed by atoms with Crippen molar-refractivity contribution in [3.8, 4) is 0 Å². The zero-order valence-corrected chi connectivity index (χ0v) is 9.99. The molecule has 1 fully saturated rings. The molecule has 1 saturated heterocycles. The third-order valence-corrected chi connectivity index (χ3v) is 3.63. The summed E-state index contributed by atoms with van der Waals surface area (Å²) in [6.45, 7) is 2.87. The van der Waals surface area contributed by atoms with Crippen LogP contribution in [0.5, 0.6) is 0 Å². The van der Waals surface area contributed by atoms with E-state index in [0.29, 0.717) is 6.42 Å². The van der Waals surface area contributed by atoms with Gasteiger partial charge in [0.15, 0.2) is 6.30 Å². The van der Waals surface area contributed by atoms with E-state index in [1.54, 1.807) is 0 Å². The Bertz CT molecular complexity index is 532. The predicted octanol–water partition coefficient (Wildman–Crippen LogP) is 3.17. The molecule has 0 radical (unpaired) electrons. The topological polar surface area (TPSA) is 17.0 Å². The Kier molecular flexibility index (Phi) is 2.63. The van der Waals surface area contributed by atoms with E-state index in [9.17, 15) is 4.39 Å². The fraction of sp³-hybridized carbons (Fsp3) is 0.429. The van der Waals surface area contributed by atoms with Gasteiger partial charge in [-0.2, -0.15) is 0 Å². The minimum absolute atomic E-state index is 0.283. The lowest BCUT2D eigenvalue weighted by Gasteiger charge is -2.28. The fourth-order valence-electron chi connectivity index (χ4n) is 2.88. The van der Waals surface area contributed by atoms with Crippen molar-refractivity contribution in [2.75, 3.05) is 6.54 Å². The zero-order chi connectivity index (χ0) is 11.8. The number of aryl methyl sites for hydroxylation is 1. The lowest BCUT2D eigenvalue weighted by atomic mass is 10.1. The van der Waals surface area contributed by atoms with E-state index in [0.717, 1.165) is 13.0 Å². The molecule has 2 atom stereocenters. The van der Waals surface area contributed by atoms with Crippen molar-refractivity contribution in [3.63, 3.8) is 0 Å². The van der Waals surface area contributed by atoms with E-state index < -0.39 is 6.30 Å². The molecule has 2 nitrogen and oxygen atoms in total. The van der Waals surface area contributed by atoms with Crippen LogP contribution in [0.2, 0.25) is 0 Å². The molecule has 2 unspecified atom stereocenters. The number of nitrogens with zero attached hydrogens (tertiary/aromatic N) is 1. The molecule has 3 heteroatoms. The first kappa shape index (κ1) is 10.8. The Morgan fingerprint density at radius 3 is 3.00 bits per heavy atom. The number of hydrogen-bond donors (Lipinski definition) is 1. The van der Waals surface area contributed by atoms with E-state index in [4.69, 9.17) is 0 Å². The minimum atomic E-state index is -0.866. The fourth-order valence-corrected chi connectivity index (χ4v) is 2.88. The molecule has 1 aromatic carbocycles. The van der Waals surface area contributed by atoms with Crippen molar-refractivity contribution in [2.24, 2.45) is 0 Å². The van der Waals surface area contributed by atoms with Crippen molar-refractivity contribution < 1.29 is 4.39 Å². The van der Waals surface area contributed by atoms with Crippen molar-refractivity contribution in [2.45, 2.75) is 32.1 Å². The first-order chi connectivity index (χ1) is 8.25. The first-order valence-corrected chi connectivity index (χ1v) is 6.20. The lowest BCUT2D eigenvalue weighted by Crippen LogP contribution is -2.36. The van der Waals surface area contributed by atoms with Gasteiger partial charge < -0.3 is 4.57 Å². The highest BCUT2D eigenvalue weighted by atomic mass is 19.1. The number of rotatable bonds is 1. The van der Waals surface area contributed by atoms with Crippen LogP contribution in [0.3, 0.4) is 0 Å². The van der Waals surface area contributed by atoms with E-state index in [-0.39, 0.29) is 6.04 Å². The summed E-state index contributed by atoms with van der Waals surface area (Å²) < 4.78 is 15.7. The van der Waals surface area contributed by atoms with Crippen LogP contribution < -0.4 is 5.32 Å². The van der Waals surface area contributed by atoms with Gasteiger partial charge in [0.2, 0.25) is 0 Å². The zero-order valence-electron chi connectivity index (χ0n) is 9.99. The van der Waals surface area contributed by atoms with Gasteiger partial charge in [0.1, 0.15) is 0 Å². The SMILES string of the molecule is Cc1cc2ccccc2n1C1CCNC(F)C1. The molecule has 90 valence electrons. The number of aromatic nitrogens is 1. The molecule has 2 heterocycles. The average Bonchev–Trinajstić information content (AvgIpc) is 2.64. The third kappa shape index (κ3) is 1.84. The molecule has 2 aromatic rings. The molecule has 0 aliphatic carbocycles. The van der Waals surface area contributed by atoms with E-state index in [2.05, 4.69) is 35.0 Å². The predicted molar refractivity (Wildman–Crippen MR) is 67.8 cm³/mol. The molecule has 3 rings (SSSR count). The molecule has 1 aliphatic heterocycles. The Labute approximate surface area is 100 Å². The second kappa shape index (κ2) is 4.15. The molecule has 0 amide bonds. The summed E-state index contributed by atoms with van der Waals surface area (Å²) in [6.07, 6.45) is 0.703. The number of alkyl halides is 1. The van der Waals surface area contributed by atoms with Crippen LogP contribution in [0, 0.1) is 6.92 Å². The van der Waals surface area contributed by atoms with Gasteiger partial charge in [-0.25, -0.2) is 4.39 Å². The van der Waals surface area contributed by atoms with Crippen molar-refractivity contribution in [1.82, 2.24) is 9.88 Å². The Morgan fingerprint density at radius 1 is 1.35 bits per heavy atom. The largest absolute Gasteiger partial charge is 0.342 e. The van der Waals surface area contributed by atoms with Crippen molar-refractivity contribution in [1.29, 1.82) is 0 Å². The number of para-hydroxylation sites is 1. The monoisotopic (exact) mass is 232 g/mol. The van der Waals surface area contributed by atoms with Crippen LogP contribution in [0.25, 0.3) is 10.9 Å². The van der Waals surface area contributed by atoms with Gasteiger partial charge in [-0.15, -0.1) is 0 Å². The number of hydrogen-bond acceptors (Lipinski definition) is 1. The summed E-state index contributed by atoms with van der Waals surface area (Å²) in [5.74, 6) is 0. The maximum atomic E-state index is 13.4. The molecule has 1 aromatic heterocycles. The van der Waals surface area contributed by atoms with E-state index >= 15 is 0 Å². The second-order valence-electron chi connectivity index (χ2n) is 4.81. The van der Waals surface area contributed by atoms with Crippen molar-refractivity contribution >= 4 is 10.9 Å². The van der Waals surface area contributed by atoms with Crippen molar-refractivity contribution in [3.05, 3.63) is 36.0 Å². The summed E-state index contributed by atoms with van der Waals surface area (Å²) in [7, 11) is 0. The molecule has 0 saturated carbocycles. The number of nitrogens with one attached hydrogen (secondary N) is 1. The molecule has 1 N–H and O–H groups in total. The quantitative estimate of drug-likeness (QED) is 0.747. The Morgan fingerprint density at radius 2 is 2.18 bits per heavy atom. The van der Waals surface area contributed by atoms with Gasteiger partial charge in [-0.1, -0.05) is 18.2 Å². The normalized spacial score (nSPS) is 25.3. The highest BCUT2D eigenvalue weighted by Gasteiger charge is 2.24. The summed E-state index contributed by atoms with van der Waals surface area (Å²) in [4.78, 5) is 0. The maximum Gasteiger partial charge on any atom is 0.153 e. The standard InChI is InChI=1S/C14H17FN2/c1-10-8-11-4-2-3-5-13(11)17(10)12-6-7-16-14(15)9-12/h2-5,8,12,14,16H,6-7,9H2,1H3. The van der Waals surface area contributed by atoms with E-state index in [1.807, 2.05) is 12.1 Å². The van der Waals surface area contributed by atoms with Gasteiger partial charge >= 0.3 is 0 Å². The molecule has 1 aliphatic rings. The van der Waals surface area contributed by atoms with Gasteiger partial charge in [0.05, 0.1) is 0 Å². The summed E-state index contributed by atoms with van der Waals surface area (Å²) in [6, 6.07) is 10.8. The minimum Gasteiger partial charge on any atom is -0.342 e. The Hall–Kier alpha value is -1.35. The van der Waals surface area contributed by atoms with Crippen LogP contribution in [0.15, 0.2) is 30.3 Å². The number of halogens is 1. The summed E-state index contributed by atoms with van der Waals surface area (Å²) in [5, 5.41) is 4.11. The van der Waals surface area contributed by atoms with Crippen LogP contribution in [0.1, 0.15) is 24.6 Å². The van der Waals surface area contributed by atoms with E-state index in [1.165, 1.54) is 16.6 Å². The number of piperidine rings is 1. The third-order valence-electron chi connectivity index (χ3n) is 3.63. The molecular weight excluding hydrogens is 215 g/mol. The summed E-state index contributed by atoms with van der Waals surface area (Å²) in [5.41, 5.74) is 2.45. The van der Waals surface area contributed by atoms with Gasteiger partial charge in [-0.05, 0) is 37.4 Å². The summed E-state index contributed by atoms with van der Waals surface area (Å²) >= 11 is 0. The first-order valence-electron chi connectivity index (χ1n) is 6.20. The molecular formula is C14H17FN2. The van der Waals surface area contributed by atoms with Crippen LogP contribution in [-0.2, 0) is 0 Å². The highest BCUT2D eigenvalue weighted by Crippen LogP contribution is 2.30. The van der Waals surface area contributed by atoms with Gasteiger partial charge in [0.25, 0.3) is 0 Å². The molecule has 0 bridgehead atoms. The van der Waals surface area contributed by atoms with Gasteiger partial charge in [0, 0.05) is 23.7 Å². The number of benzene rings is 1. The van der Waals surface area contributed by atoms with Crippen LogP contribution in [0.4, 0.5) is 4.39 Å². The maximum absolute atomic E-state index is 13.4. The smallest absolute Gasteiger partial charge is 0.153 e. The molecule has 0 spiro atoms. The highest BCUT2D eigenvalue weighted by molar-refractivity contribution is 5.81. The number of fused-ring (bicyclic) bond motifs is 1. The van der Waals surface area contributed by atoms with Gasteiger partial charge in [-0.3, -0.25) is 5.32 Å².